The van der Waals surface area contributed by atoms with Gasteiger partial charge in [0.2, 0.25) is 0 Å². The fourth-order valence-electron chi connectivity index (χ4n) is 4.35. The minimum atomic E-state index is -0.505. The summed E-state index contributed by atoms with van der Waals surface area (Å²) in [5, 5.41) is 3.52. The lowest BCUT2D eigenvalue weighted by Gasteiger charge is -2.26. The highest BCUT2D eigenvalue weighted by Gasteiger charge is 2.20. The van der Waals surface area contributed by atoms with E-state index in [-0.39, 0.29) is 37.6 Å². The van der Waals surface area contributed by atoms with E-state index in [1.165, 1.54) is 32.4 Å². The Kier molecular flexibility index (Phi) is 16.4. The number of methoxy groups -OCH3 is 2. The molecule has 0 saturated carbocycles. The first-order valence-electron chi connectivity index (χ1n) is 14.8. The molecule has 0 N–H and O–H groups in total. The molecule has 45 heavy (non-hydrogen) atoms. The lowest BCUT2D eigenvalue weighted by atomic mass is 10.1. The summed E-state index contributed by atoms with van der Waals surface area (Å²) in [5.74, 6) is -0.524. The molecule has 13 nitrogen and oxygen atoms in total. The molecule has 0 amide bonds. The van der Waals surface area contributed by atoms with Crippen molar-refractivity contribution in [3.8, 4) is 17.2 Å². The van der Waals surface area contributed by atoms with Gasteiger partial charge in [-0.3, -0.25) is 14.4 Å². The number of anilines is 2. The van der Waals surface area contributed by atoms with Crippen molar-refractivity contribution in [2.45, 2.75) is 39.5 Å². The largest absolute Gasteiger partial charge is 0.493 e. The number of carbonyl (C=O) groups is 3. The monoisotopic (exact) mass is 631 g/mol. The number of esters is 2. The van der Waals surface area contributed by atoms with Crippen LogP contribution < -0.4 is 24.0 Å². The standard InChI is InChI=1S/C31H42FN5O8/c1-5-36(20-30(39)41-3)25-12-11-24(32)18-28(25)44-15-16-45-29-19-27(43-14-10-8-7-9-13-34-35-33)23(22-38)17-26(29)37(6-2)21-31(40)42-4/h11-12,17-19,22H,5-10,13-16,20-21H2,1-4H3. The lowest BCUT2D eigenvalue weighted by Crippen LogP contribution is -2.31. The SMILES string of the molecule is CCN(CC(=O)OC)c1ccc(F)cc1OCCOc1cc(OCCCCCCN=[N+]=[N-])c(C=O)cc1N(CC)CC(=O)OC. The molecule has 0 atom stereocenters. The van der Waals surface area contributed by atoms with E-state index in [0.29, 0.717) is 55.4 Å². The van der Waals surface area contributed by atoms with Gasteiger partial charge in [0.05, 0.1) is 37.8 Å². The zero-order valence-corrected chi connectivity index (χ0v) is 26.3. The van der Waals surface area contributed by atoms with Crippen LogP contribution in [0.1, 0.15) is 49.9 Å². The van der Waals surface area contributed by atoms with Gasteiger partial charge in [-0.2, -0.15) is 0 Å². The van der Waals surface area contributed by atoms with Crippen LogP contribution in [-0.4, -0.2) is 85.0 Å². The zero-order valence-electron chi connectivity index (χ0n) is 26.3. The molecule has 0 aliphatic carbocycles. The fourth-order valence-corrected chi connectivity index (χ4v) is 4.35. The number of halogens is 1. The quantitative estimate of drug-likeness (QED) is 0.0415. The average molecular weight is 632 g/mol. The predicted molar refractivity (Wildman–Crippen MR) is 167 cm³/mol. The fraction of sp³-hybridized carbons (Fsp3) is 0.516. The molecule has 0 radical (unpaired) electrons. The van der Waals surface area contributed by atoms with Gasteiger partial charge in [-0.1, -0.05) is 18.0 Å². The summed E-state index contributed by atoms with van der Waals surface area (Å²) < 4.78 is 41.7. The summed E-state index contributed by atoms with van der Waals surface area (Å²) >= 11 is 0. The summed E-state index contributed by atoms with van der Waals surface area (Å²) in [6.07, 6.45) is 3.92. The third kappa shape index (κ3) is 12.1. The number of aldehydes is 1. The highest BCUT2D eigenvalue weighted by molar-refractivity contribution is 5.85. The van der Waals surface area contributed by atoms with E-state index >= 15 is 0 Å². The van der Waals surface area contributed by atoms with Crippen LogP contribution in [0.4, 0.5) is 15.8 Å². The van der Waals surface area contributed by atoms with E-state index in [0.717, 1.165) is 25.7 Å². The van der Waals surface area contributed by atoms with E-state index in [1.807, 2.05) is 13.8 Å². The highest BCUT2D eigenvalue weighted by atomic mass is 19.1. The number of hydrogen-bond acceptors (Lipinski definition) is 11. The van der Waals surface area contributed by atoms with Crippen molar-refractivity contribution in [1.82, 2.24) is 0 Å². The number of carbonyl (C=O) groups excluding carboxylic acids is 3. The topological polar surface area (TPSA) is 153 Å². The van der Waals surface area contributed by atoms with Crippen molar-refractivity contribution < 1.29 is 42.5 Å². The number of ether oxygens (including phenoxy) is 5. The van der Waals surface area contributed by atoms with Crippen LogP contribution in [0.2, 0.25) is 0 Å². The van der Waals surface area contributed by atoms with Crippen molar-refractivity contribution >= 4 is 29.6 Å². The van der Waals surface area contributed by atoms with Crippen LogP contribution in [-0.2, 0) is 19.1 Å². The van der Waals surface area contributed by atoms with E-state index in [4.69, 9.17) is 29.2 Å². The Bertz CT molecular complexity index is 1300. The zero-order chi connectivity index (χ0) is 33.0. The first-order valence-corrected chi connectivity index (χ1v) is 14.8. The number of likely N-dealkylation sites (N-methyl/N-ethyl adjacent to an activating group) is 2. The van der Waals surface area contributed by atoms with E-state index in [2.05, 4.69) is 10.0 Å². The van der Waals surface area contributed by atoms with Gasteiger partial charge in [-0.25, -0.2) is 4.39 Å². The van der Waals surface area contributed by atoms with E-state index in [1.54, 1.807) is 21.9 Å². The second-order valence-corrected chi connectivity index (χ2v) is 9.68. The Hall–Kier alpha value is -4.71. The van der Waals surface area contributed by atoms with Crippen LogP contribution in [0.3, 0.4) is 0 Å². The van der Waals surface area contributed by atoms with Gasteiger partial charge in [-0.15, -0.1) is 0 Å². The molecule has 0 spiro atoms. The van der Waals surface area contributed by atoms with E-state index in [9.17, 15) is 18.8 Å². The Morgan fingerprint density at radius 1 is 0.822 bits per heavy atom. The first kappa shape index (κ1) is 36.5. The van der Waals surface area contributed by atoms with Crippen molar-refractivity contribution in [2.75, 3.05) is 76.6 Å². The number of benzene rings is 2. The van der Waals surface area contributed by atoms with Gasteiger partial charge in [0, 0.05) is 36.7 Å². The maximum atomic E-state index is 14.1. The minimum Gasteiger partial charge on any atom is -0.493 e. The molecule has 2 rings (SSSR count). The number of hydrogen-bond donors (Lipinski definition) is 0. The summed E-state index contributed by atoms with van der Waals surface area (Å²) in [4.78, 5) is 42.2. The average Bonchev–Trinajstić information content (AvgIpc) is 3.05. The van der Waals surface area contributed by atoms with Gasteiger partial charge in [0.15, 0.2) is 6.29 Å². The van der Waals surface area contributed by atoms with Crippen LogP contribution in [0.5, 0.6) is 17.2 Å². The number of nitrogens with zero attached hydrogens (tertiary/aromatic N) is 5. The summed E-state index contributed by atoms with van der Waals surface area (Å²) in [7, 11) is 2.59. The Balaban J connectivity index is 2.22. The molecular weight excluding hydrogens is 589 g/mol. The second kappa shape index (κ2) is 20.3. The molecular formula is C31H42FN5O8. The normalized spacial score (nSPS) is 10.3. The molecule has 0 bridgehead atoms. The maximum Gasteiger partial charge on any atom is 0.325 e. The maximum absolute atomic E-state index is 14.1. The van der Waals surface area contributed by atoms with Crippen molar-refractivity contribution in [3.63, 3.8) is 0 Å². The number of unbranched alkanes of at least 4 members (excludes halogenated alkanes) is 3. The number of azide groups is 1. The van der Waals surface area contributed by atoms with Crippen molar-refractivity contribution in [3.05, 3.63) is 52.2 Å². The molecule has 0 aromatic heterocycles. The Labute approximate surface area is 262 Å². The molecule has 0 heterocycles. The third-order valence-corrected chi connectivity index (χ3v) is 6.75. The van der Waals surface area contributed by atoms with Gasteiger partial charge in [0.1, 0.15) is 49.4 Å². The van der Waals surface area contributed by atoms with Crippen LogP contribution in [0.15, 0.2) is 35.4 Å². The van der Waals surface area contributed by atoms with Crippen molar-refractivity contribution in [2.24, 2.45) is 5.11 Å². The molecule has 14 heteroatoms. The number of rotatable bonds is 22. The van der Waals surface area contributed by atoms with Crippen LogP contribution >= 0.6 is 0 Å². The molecule has 2 aromatic carbocycles. The first-order chi connectivity index (χ1) is 21.8. The molecule has 0 saturated heterocycles. The predicted octanol–water partition coefficient (Wildman–Crippen LogP) is 5.34. The molecule has 2 aromatic rings. The molecule has 0 aliphatic heterocycles. The van der Waals surface area contributed by atoms with E-state index < -0.39 is 17.8 Å². The second-order valence-electron chi connectivity index (χ2n) is 9.68. The lowest BCUT2D eigenvalue weighted by molar-refractivity contribution is -0.139. The smallest absolute Gasteiger partial charge is 0.325 e. The summed E-state index contributed by atoms with van der Waals surface area (Å²) in [6.45, 7) is 5.28. The molecule has 246 valence electrons. The molecule has 0 aliphatic rings. The molecule has 0 fully saturated rings. The Morgan fingerprint density at radius 2 is 1.40 bits per heavy atom. The van der Waals surface area contributed by atoms with Crippen molar-refractivity contribution in [1.29, 1.82) is 0 Å². The third-order valence-electron chi connectivity index (χ3n) is 6.75. The minimum absolute atomic E-state index is 0.0102. The Morgan fingerprint density at radius 3 is 1.98 bits per heavy atom. The van der Waals surface area contributed by atoms with Crippen LogP contribution in [0, 0.1) is 5.82 Å². The summed E-state index contributed by atoms with van der Waals surface area (Å²) in [5.41, 5.74) is 9.66. The van der Waals surface area contributed by atoms with Crippen LogP contribution in [0.25, 0.3) is 10.4 Å². The van der Waals surface area contributed by atoms with Gasteiger partial charge in [-0.05, 0) is 50.4 Å². The van der Waals surface area contributed by atoms with Gasteiger partial charge >= 0.3 is 11.9 Å². The summed E-state index contributed by atoms with van der Waals surface area (Å²) in [6, 6.07) is 7.25. The van der Waals surface area contributed by atoms with Gasteiger partial charge < -0.3 is 33.5 Å². The van der Waals surface area contributed by atoms with Gasteiger partial charge in [0.25, 0.3) is 0 Å². The highest BCUT2D eigenvalue weighted by Crippen LogP contribution is 2.36. The molecule has 0 unspecified atom stereocenters.